The Morgan fingerprint density at radius 1 is 1.23 bits per heavy atom. The predicted molar refractivity (Wildman–Crippen MR) is 108 cm³/mol. The summed E-state index contributed by atoms with van der Waals surface area (Å²) in [6.45, 7) is 6.82. The second kappa shape index (κ2) is 11.4. The SMILES string of the molecule is CCOCCCCNC(=NC)NCC1(c2ccccc2Cl)CCOCC1. The monoisotopic (exact) mass is 381 g/mol. The van der Waals surface area contributed by atoms with E-state index in [4.69, 9.17) is 21.1 Å². The van der Waals surface area contributed by atoms with Crippen LogP contribution in [-0.2, 0) is 14.9 Å². The fourth-order valence-electron chi connectivity index (χ4n) is 3.35. The maximum Gasteiger partial charge on any atom is 0.191 e. The van der Waals surface area contributed by atoms with E-state index < -0.39 is 0 Å². The minimum Gasteiger partial charge on any atom is -0.382 e. The average molecular weight is 382 g/mol. The van der Waals surface area contributed by atoms with Crippen LogP contribution in [0, 0.1) is 0 Å². The molecule has 2 rings (SSSR count). The molecular formula is C20H32ClN3O2. The summed E-state index contributed by atoms with van der Waals surface area (Å²) in [6, 6.07) is 8.15. The van der Waals surface area contributed by atoms with E-state index in [1.165, 1.54) is 5.56 Å². The summed E-state index contributed by atoms with van der Waals surface area (Å²) < 4.78 is 11.0. The first kappa shape index (κ1) is 21.0. The zero-order valence-corrected chi connectivity index (χ0v) is 16.8. The number of hydrogen-bond acceptors (Lipinski definition) is 3. The van der Waals surface area contributed by atoms with Gasteiger partial charge >= 0.3 is 0 Å². The molecule has 1 aliphatic heterocycles. The zero-order chi connectivity index (χ0) is 18.7. The van der Waals surface area contributed by atoms with Crippen molar-refractivity contribution in [3.63, 3.8) is 0 Å². The minimum absolute atomic E-state index is 0.0246. The molecule has 1 heterocycles. The van der Waals surface area contributed by atoms with Crippen LogP contribution in [0.2, 0.25) is 5.02 Å². The summed E-state index contributed by atoms with van der Waals surface area (Å²) >= 11 is 6.51. The minimum atomic E-state index is -0.0246. The van der Waals surface area contributed by atoms with Gasteiger partial charge in [0.1, 0.15) is 0 Å². The second-order valence-corrected chi connectivity index (χ2v) is 7.04. The van der Waals surface area contributed by atoms with Gasteiger partial charge in [0.25, 0.3) is 0 Å². The fourth-order valence-corrected chi connectivity index (χ4v) is 3.68. The Balaban J connectivity index is 1.91. The number of benzene rings is 1. The molecule has 146 valence electrons. The van der Waals surface area contributed by atoms with Gasteiger partial charge in [-0.1, -0.05) is 29.8 Å². The highest BCUT2D eigenvalue weighted by Gasteiger charge is 2.36. The van der Waals surface area contributed by atoms with Gasteiger partial charge in [0.05, 0.1) is 0 Å². The van der Waals surface area contributed by atoms with Crippen LogP contribution in [0.5, 0.6) is 0 Å². The number of ether oxygens (including phenoxy) is 2. The first-order valence-corrected chi connectivity index (χ1v) is 9.94. The van der Waals surface area contributed by atoms with E-state index in [0.29, 0.717) is 0 Å². The topological polar surface area (TPSA) is 54.9 Å². The van der Waals surface area contributed by atoms with Gasteiger partial charge in [0, 0.05) is 57.0 Å². The highest BCUT2D eigenvalue weighted by molar-refractivity contribution is 6.31. The fraction of sp³-hybridized carbons (Fsp3) is 0.650. The van der Waals surface area contributed by atoms with E-state index in [0.717, 1.165) is 76.2 Å². The standard InChI is InChI=1S/C20H32ClN3O2/c1-3-25-13-7-6-12-23-19(22-2)24-16-20(10-14-26-15-11-20)17-8-4-5-9-18(17)21/h4-5,8-9H,3,6-7,10-16H2,1-2H3,(H2,22,23,24). The van der Waals surface area contributed by atoms with Gasteiger partial charge in [-0.25, -0.2) is 0 Å². The van der Waals surface area contributed by atoms with E-state index in [9.17, 15) is 0 Å². The summed E-state index contributed by atoms with van der Waals surface area (Å²) in [5.41, 5.74) is 1.17. The summed E-state index contributed by atoms with van der Waals surface area (Å²) in [6.07, 6.45) is 4.02. The third-order valence-corrected chi connectivity index (χ3v) is 5.25. The Hall–Kier alpha value is -1.30. The van der Waals surface area contributed by atoms with Gasteiger partial charge < -0.3 is 20.1 Å². The Bertz CT molecular complexity index is 560. The molecule has 0 aliphatic carbocycles. The normalized spacial score (nSPS) is 17.1. The van der Waals surface area contributed by atoms with Crippen molar-refractivity contribution in [1.82, 2.24) is 10.6 Å². The van der Waals surface area contributed by atoms with Crippen molar-refractivity contribution in [1.29, 1.82) is 0 Å². The van der Waals surface area contributed by atoms with E-state index >= 15 is 0 Å². The lowest BCUT2D eigenvalue weighted by Crippen LogP contribution is -2.48. The number of nitrogens with zero attached hydrogens (tertiary/aromatic N) is 1. The van der Waals surface area contributed by atoms with E-state index in [-0.39, 0.29) is 5.41 Å². The van der Waals surface area contributed by atoms with Crippen LogP contribution in [0.3, 0.4) is 0 Å². The second-order valence-electron chi connectivity index (χ2n) is 6.63. The lowest BCUT2D eigenvalue weighted by molar-refractivity contribution is 0.0514. The Morgan fingerprint density at radius 3 is 2.69 bits per heavy atom. The number of rotatable bonds is 9. The van der Waals surface area contributed by atoms with Crippen molar-refractivity contribution in [2.75, 3.05) is 46.6 Å². The van der Waals surface area contributed by atoms with Gasteiger partial charge in [-0.05, 0) is 44.2 Å². The van der Waals surface area contributed by atoms with Crippen LogP contribution in [0.1, 0.15) is 38.2 Å². The molecule has 0 bridgehead atoms. The number of guanidine groups is 1. The summed E-state index contributed by atoms with van der Waals surface area (Å²) in [5, 5.41) is 7.72. The van der Waals surface area contributed by atoms with E-state index in [1.54, 1.807) is 0 Å². The first-order chi connectivity index (χ1) is 12.7. The molecule has 0 aromatic heterocycles. The van der Waals surface area contributed by atoms with Crippen molar-refractivity contribution >= 4 is 17.6 Å². The van der Waals surface area contributed by atoms with Crippen LogP contribution in [0.4, 0.5) is 0 Å². The molecule has 0 amide bonds. The number of halogens is 1. The van der Waals surface area contributed by atoms with Gasteiger partial charge in [0.2, 0.25) is 0 Å². The Kier molecular flexibility index (Phi) is 9.23. The van der Waals surface area contributed by atoms with Crippen LogP contribution in [0.25, 0.3) is 0 Å². The molecule has 6 heteroatoms. The maximum atomic E-state index is 6.51. The van der Waals surface area contributed by atoms with E-state index in [1.807, 2.05) is 26.1 Å². The van der Waals surface area contributed by atoms with Crippen molar-refractivity contribution < 1.29 is 9.47 Å². The Morgan fingerprint density at radius 2 is 2.00 bits per heavy atom. The third-order valence-electron chi connectivity index (χ3n) is 4.92. The molecule has 0 spiro atoms. The molecule has 26 heavy (non-hydrogen) atoms. The number of hydrogen-bond donors (Lipinski definition) is 2. The van der Waals surface area contributed by atoms with Gasteiger partial charge in [-0.15, -0.1) is 0 Å². The maximum absolute atomic E-state index is 6.51. The third kappa shape index (κ3) is 6.15. The molecule has 1 aromatic rings. The molecular weight excluding hydrogens is 350 g/mol. The molecule has 1 aliphatic rings. The van der Waals surface area contributed by atoms with Crippen molar-refractivity contribution in [3.8, 4) is 0 Å². The molecule has 0 saturated carbocycles. The van der Waals surface area contributed by atoms with Gasteiger partial charge in [-0.2, -0.15) is 0 Å². The molecule has 1 saturated heterocycles. The molecule has 0 radical (unpaired) electrons. The highest BCUT2D eigenvalue weighted by atomic mass is 35.5. The van der Waals surface area contributed by atoms with Crippen LogP contribution in [0.15, 0.2) is 29.3 Å². The molecule has 2 N–H and O–H groups in total. The zero-order valence-electron chi connectivity index (χ0n) is 16.0. The van der Waals surface area contributed by atoms with Crippen molar-refractivity contribution in [2.45, 2.75) is 38.0 Å². The van der Waals surface area contributed by atoms with Gasteiger partial charge in [-0.3, -0.25) is 4.99 Å². The quantitative estimate of drug-likeness (QED) is 0.391. The number of aliphatic imine (C=N–C) groups is 1. The first-order valence-electron chi connectivity index (χ1n) is 9.57. The molecule has 0 atom stereocenters. The summed E-state index contributed by atoms with van der Waals surface area (Å²) in [5.74, 6) is 0.833. The molecule has 5 nitrogen and oxygen atoms in total. The molecule has 1 aromatic carbocycles. The van der Waals surface area contributed by atoms with Crippen molar-refractivity contribution in [3.05, 3.63) is 34.9 Å². The van der Waals surface area contributed by atoms with Crippen molar-refractivity contribution in [2.24, 2.45) is 4.99 Å². The van der Waals surface area contributed by atoms with Crippen LogP contribution in [-0.4, -0.2) is 52.5 Å². The lowest BCUT2D eigenvalue weighted by Gasteiger charge is -2.38. The number of unbranched alkanes of at least 4 members (excludes halogenated alkanes) is 1. The Labute approximate surface area is 162 Å². The summed E-state index contributed by atoms with van der Waals surface area (Å²) in [7, 11) is 1.81. The average Bonchev–Trinajstić information content (AvgIpc) is 2.68. The molecule has 1 fully saturated rings. The summed E-state index contributed by atoms with van der Waals surface area (Å²) in [4.78, 5) is 4.35. The smallest absolute Gasteiger partial charge is 0.191 e. The predicted octanol–water partition coefficient (Wildman–Crippen LogP) is 3.37. The van der Waals surface area contributed by atoms with Gasteiger partial charge in [0.15, 0.2) is 5.96 Å². The number of nitrogens with one attached hydrogen (secondary N) is 2. The van der Waals surface area contributed by atoms with E-state index in [2.05, 4.69) is 27.8 Å². The highest BCUT2D eigenvalue weighted by Crippen LogP contribution is 2.38. The van der Waals surface area contributed by atoms with Crippen LogP contribution >= 0.6 is 11.6 Å². The molecule has 0 unspecified atom stereocenters. The largest absolute Gasteiger partial charge is 0.382 e. The lowest BCUT2D eigenvalue weighted by atomic mass is 9.74. The van der Waals surface area contributed by atoms with Crippen LogP contribution < -0.4 is 10.6 Å².